The normalized spacial score (nSPS) is 10.4. The molecule has 0 fully saturated rings. The molecule has 0 spiro atoms. The molecule has 1 nitrogen and oxygen atoms in total. The lowest BCUT2D eigenvalue weighted by atomic mass is 10.2. The maximum atomic E-state index is 5.98. The molecule has 1 aromatic rings. The summed E-state index contributed by atoms with van der Waals surface area (Å²) in [4.78, 5) is 0. The van der Waals surface area contributed by atoms with Crippen LogP contribution in [0.5, 0.6) is 5.75 Å². The van der Waals surface area contributed by atoms with Gasteiger partial charge < -0.3 is 4.74 Å². The van der Waals surface area contributed by atoms with E-state index in [1.807, 2.05) is 6.07 Å². The van der Waals surface area contributed by atoms with Gasteiger partial charge in [0.2, 0.25) is 0 Å². The first kappa shape index (κ1) is 13.7. The van der Waals surface area contributed by atoms with E-state index in [0.29, 0.717) is 10.0 Å². The second-order valence-corrected chi connectivity index (χ2v) is 4.68. The zero-order valence-electron chi connectivity index (χ0n) is 9.64. The van der Waals surface area contributed by atoms with E-state index >= 15 is 0 Å². The van der Waals surface area contributed by atoms with E-state index in [1.165, 1.54) is 25.7 Å². The highest BCUT2D eigenvalue weighted by molar-refractivity contribution is 6.35. The van der Waals surface area contributed by atoms with Crippen LogP contribution in [0.2, 0.25) is 10.0 Å². The van der Waals surface area contributed by atoms with E-state index in [1.54, 1.807) is 12.1 Å². The Hall–Kier alpha value is -0.400. The average Bonchev–Trinajstić information content (AvgIpc) is 2.26. The van der Waals surface area contributed by atoms with Gasteiger partial charge in [0.05, 0.1) is 11.6 Å². The van der Waals surface area contributed by atoms with E-state index in [9.17, 15) is 0 Å². The number of benzene rings is 1. The average molecular weight is 261 g/mol. The van der Waals surface area contributed by atoms with Crippen LogP contribution in [-0.2, 0) is 0 Å². The minimum atomic E-state index is 0.584. The summed E-state index contributed by atoms with van der Waals surface area (Å²) in [5, 5.41) is 1.22. The van der Waals surface area contributed by atoms with Crippen molar-refractivity contribution in [2.75, 3.05) is 6.61 Å². The van der Waals surface area contributed by atoms with Crippen molar-refractivity contribution < 1.29 is 4.74 Å². The molecule has 3 heteroatoms. The summed E-state index contributed by atoms with van der Waals surface area (Å²) in [5.74, 6) is 0.724. The largest absolute Gasteiger partial charge is 0.492 e. The third-order valence-electron chi connectivity index (χ3n) is 2.40. The number of ether oxygens (including phenoxy) is 1. The lowest BCUT2D eigenvalue weighted by molar-refractivity contribution is 0.305. The summed E-state index contributed by atoms with van der Waals surface area (Å²) in [7, 11) is 0. The third-order valence-corrected chi connectivity index (χ3v) is 2.93. The van der Waals surface area contributed by atoms with Gasteiger partial charge in [0.1, 0.15) is 5.75 Å². The van der Waals surface area contributed by atoms with Gasteiger partial charge >= 0.3 is 0 Å². The molecule has 0 unspecified atom stereocenters. The van der Waals surface area contributed by atoms with Crippen LogP contribution in [-0.4, -0.2) is 6.61 Å². The monoisotopic (exact) mass is 260 g/mol. The maximum absolute atomic E-state index is 5.98. The number of hydrogen-bond acceptors (Lipinski definition) is 1. The Morgan fingerprint density at radius 1 is 1.06 bits per heavy atom. The van der Waals surface area contributed by atoms with Gasteiger partial charge in [-0.25, -0.2) is 0 Å². The molecular weight excluding hydrogens is 243 g/mol. The fourth-order valence-electron chi connectivity index (χ4n) is 1.48. The molecule has 90 valence electrons. The predicted molar refractivity (Wildman–Crippen MR) is 70.7 cm³/mol. The van der Waals surface area contributed by atoms with Crippen molar-refractivity contribution in [1.82, 2.24) is 0 Å². The molecule has 16 heavy (non-hydrogen) atoms. The van der Waals surface area contributed by atoms with Crippen LogP contribution < -0.4 is 4.74 Å². The highest BCUT2D eigenvalue weighted by Gasteiger charge is 2.01. The van der Waals surface area contributed by atoms with Crippen molar-refractivity contribution in [3.8, 4) is 5.75 Å². The summed E-state index contributed by atoms with van der Waals surface area (Å²) >= 11 is 11.8. The summed E-state index contributed by atoms with van der Waals surface area (Å²) in [5.41, 5.74) is 0. The van der Waals surface area contributed by atoms with Gasteiger partial charge in [0.15, 0.2) is 0 Å². The van der Waals surface area contributed by atoms with Crippen LogP contribution >= 0.6 is 23.2 Å². The first-order valence-electron chi connectivity index (χ1n) is 5.82. The van der Waals surface area contributed by atoms with Gasteiger partial charge in [-0.2, -0.15) is 0 Å². The molecule has 0 amide bonds. The Morgan fingerprint density at radius 2 is 1.81 bits per heavy atom. The van der Waals surface area contributed by atoms with Gasteiger partial charge in [0, 0.05) is 5.02 Å². The van der Waals surface area contributed by atoms with Crippen molar-refractivity contribution in [2.24, 2.45) is 0 Å². The Kier molecular flexibility index (Phi) is 6.67. The highest BCUT2D eigenvalue weighted by Crippen LogP contribution is 2.27. The van der Waals surface area contributed by atoms with Crippen LogP contribution in [0.25, 0.3) is 0 Å². The standard InChI is InChI=1S/C13H18Cl2O/c1-2-3-4-5-6-9-16-13-8-7-11(14)10-12(13)15/h7-8,10H,2-6,9H2,1H3. The molecule has 0 aliphatic carbocycles. The SMILES string of the molecule is CCCCCCCOc1ccc(Cl)cc1Cl. The number of unbranched alkanes of at least 4 members (excludes halogenated alkanes) is 4. The predicted octanol–water partition coefficient (Wildman–Crippen LogP) is 5.34. The molecule has 0 bridgehead atoms. The molecule has 0 saturated heterocycles. The number of halogens is 2. The molecule has 0 atom stereocenters. The first-order valence-corrected chi connectivity index (χ1v) is 6.57. The van der Waals surface area contributed by atoms with E-state index < -0.39 is 0 Å². The van der Waals surface area contributed by atoms with Crippen molar-refractivity contribution in [2.45, 2.75) is 39.0 Å². The van der Waals surface area contributed by atoms with Crippen molar-refractivity contribution in [3.63, 3.8) is 0 Å². The lowest BCUT2D eigenvalue weighted by Crippen LogP contribution is -1.97. The molecule has 0 aromatic heterocycles. The van der Waals surface area contributed by atoms with E-state index in [0.717, 1.165) is 18.8 Å². The zero-order chi connectivity index (χ0) is 11.8. The topological polar surface area (TPSA) is 9.23 Å². The van der Waals surface area contributed by atoms with E-state index in [2.05, 4.69) is 6.92 Å². The Balaban J connectivity index is 2.21. The summed E-state index contributed by atoms with van der Waals surface area (Å²) < 4.78 is 5.58. The van der Waals surface area contributed by atoms with Gasteiger partial charge in [-0.1, -0.05) is 55.8 Å². The Labute approximate surface area is 108 Å². The minimum Gasteiger partial charge on any atom is -0.492 e. The number of hydrogen-bond donors (Lipinski definition) is 0. The van der Waals surface area contributed by atoms with Crippen LogP contribution in [0, 0.1) is 0 Å². The summed E-state index contributed by atoms with van der Waals surface area (Å²) in [6, 6.07) is 5.31. The quantitative estimate of drug-likeness (QED) is 0.602. The maximum Gasteiger partial charge on any atom is 0.137 e. The zero-order valence-corrected chi connectivity index (χ0v) is 11.2. The summed E-state index contributed by atoms with van der Waals surface area (Å²) in [6.07, 6.45) is 6.16. The molecular formula is C13H18Cl2O. The molecule has 0 aliphatic heterocycles. The Bertz CT molecular complexity index is 313. The minimum absolute atomic E-state index is 0.584. The van der Waals surface area contributed by atoms with Gasteiger partial charge in [-0.15, -0.1) is 0 Å². The van der Waals surface area contributed by atoms with E-state index in [4.69, 9.17) is 27.9 Å². The van der Waals surface area contributed by atoms with Crippen molar-refractivity contribution >= 4 is 23.2 Å². The third kappa shape index (κ3) is 5.09. The summed E-state index contributed by atoms with van der Waals surface area (Å²) in [6.45, 7) is 2.94. The molecule has 1 rings (SSSR count). The molecule has 0 radical (unpaired) electrons. The van der Waals surface area contributed by atoms with Gasteiger partial charge in [0.25, 0.3) is 0 Å². The van der Waals surface area contributed by atoms with Crippen LogP contribution in [0.1, 0.15) is 39.0 Å². The molecule has 0 heterocycles. The second kappa shape index (κ2) is 7.81. The molecule has 0 N–H and O–H groups in total. The van der Waals surface area contributed by atoms with Gasteiger partial charge in [-0.05, 0) is 24.6 Å². The fourth-order valence-corrected chi connectivity index (χ4v) is 1.94. The molecule has 1 aromatic carbocycles. The van der Waals surface area contributed by atoms with Crippen molar-refractivity contribution in [1.29, 1.82) is 0 Å². The van der Waals surface area contributed by atoms with Gasteiger partial charge in [-0.3, -0.25) is 0 Å². The first-order chi connectivity index (χ1) is 7.74. The van der Waals surface area contributed by atoms with E-state index in [-0.39, 0.29) is 0 Å². The highest BCUT2D eigenvalue weighted by atomic mass is 35.5. The van der Waals surface area contributed by atoms with Crippen LogP contribution in [0.4, 0.5) is 0 Å². The van der Waals surface area contributed by atoms with Crippen molar-refractivity contribution in [3.05, 3.63) is 28.2 Å². The fraction of sp³-hybridized carbons (Fsp3) is 0.538. The number of rotatable bonds is 7. The van der Waals surface area contributed by atoms with Crippen LogP contribution in [0.15, 0.2) is 18.2 Å². The lowest BCUT2D eigenvalue weighted by Gasteiger charge is -2.07. The Morgan fingerprint density at radius 3 is 2.50 bits per heavy atom. The van der Waals surface area contributed by atoms with Crippen LogP contribution in [0.3, 0.4) is 0 Å². The smallest absolute Gasteiger partial charge is 0.137 e. The molecule has 0 saturated carbocycles. The second-order valence-electron chi connectivity index (χ2n) is 3.84. The molecule has 0 aliphatic rings.